The highest BCUT2D eigenvalue weighted by molar-refractivity contribution is 5.96. The number of carbonyl (C=O) groups is 2. The van der Waals surface area contributed by atoms with Crippen LogP contribution in [0.1, 0.15) is 60.9 Å². The molecule has 4 heteroatoms. The van der Waals surface area contributed by atoms with Gasteiger partial charge < -0.3 is 10.6 Å². The summed E-state index contributed by atoms with van der Waals surface area (Å²) in [5.41, 5.74) is 1.89. The summed E-state index contributed by atoms with van der Waals surface area (Å²) in [5, 5.41) is 6.18. The molecule has 2 amide bonds. The molecule has 5 rings (SSSR count). The molecule has 134 valence electrons. The lowest BCUT2D eigenvalue weighted by Gasteiger charge is -2.56. The van der Waals surface area contributed by atoms with Crippen LogP contribution < -0.4 is 10.6 Å². The SMILES string of the molecule is Cc1ccc(C(=O)CCNC(=O)NC23CC4CC(CC(C4)C2)C3)cc1. The maximum Gasteiger partial charge on any atom is 0.315 e. The maximum absolute atomic E-state index is 12.4. The molecule has 0 heterocycles. The molecular weight excluding hydrogens is 312 g/mol. The number of urea groups is 1. The monoisotopic (exact) mass is 340 g/mol. The van der Waals surface area contributed by atoms with Crippen LogP contribution >= 0.6 is 0 Å². The number of aryl methyl sites for hydroxylation is 1. The van der Waals surface area contributed by atoms with Crippen LogP contribution in [-0.2, 0) is 0 Å². The van der Waals surface area contributed by atoms with Crippen molar-refractivity contribution in [3.8, 4) is 0 Å². The molecule has 1 aromatic rings. The molecule has 4 bridgehead atoms. The predicted octanol–water partition coefficient (Wildman–Crippen LogP) is 3.84. The van der Waals surface area contributed by atoms with Gasteiger partial charge in [-0.1, -0.05) is 29.8 Å². The summed E-state index contributed by atoms with van der Waals surface area (Å²) >= 11 is 0. The van der Waals surface area contributed by atoms with Crippen LogP contribution in [0, 0.1) is 24.7 Å². The van der Waals surface area contributed by atoms with E-state index in [1.54, 1.807) is 0 Å². The quantitative estimate of drug-likeness (QED) is 0.800. The Kier molecular flexibility index (Phi) is 4.30. The van der Waals surface area contributed by atoms with Gasteiger partial charge in [0.15, 0.2) is 5.78 Å². The highest BCUT2D eigenvalue weighted by atomic mass is 16.2. The number of rotatable bonds is 5. The fourth-order valence-electron chi connectivity index (χ4n) is 5.72. The molecule has 0 aromatic heterocycles. The summed E-state index contributed by atoms with van der Waals surface area (Å²) in [4.78, 5) is 24.5. The number of benzene rings is 1. The molecule has 2 N–H and O–H groups in total. The summed E-state index contributed by atoms with van der Waals surface area (Å²) in [6, 6.07) is 7.50. The lowest BCUT2D eigenvalue weighted by molar-refractivity contribution is -0.0135. The third kappa shape index (κ3) is 3.58. The molecule has 4 saturated carbocycles. The minimum atomic E-state index is -0.0985. The van der Waals surface area contributed by atoms with Crippen molar-refractivity contribution in [2.45, 2.75) is 57.4 Å². The van der Waals surface area contributed by atoms with E-state index >= 15 is 0 Å². The highest BCUT2D eigenvalue weighted by Gasteiger charge is 2.51. The van der Waals surface area contributed by atoms with E-state index in [0.29, 0.717) is 18.5 Å². The van der Waals surface area contributed by atoms with Gasteiger partial charge in [-0.05, 0) is 63.2 Å². The van der Waals surface area contributed by atoms with Gasteiger partial charge in [-0.2, -0.15) is 0 Å². The fourth-order valence-corrected chi connectivity index (χ4v) is 5.72. The molecule has 4 nitrogen and oxygen atoms in total. The Balaban J connectivity index is 1.26. The van der Waals surface area contributed by atoms with Crippen molar-refractivity contribution in [3.05, 3.63) is 35.4 Å². The molecule has 0 unspecified atom stereocenters. The van der Waals surface area contributed by atoms with Gasteiger partial charge in [0.1, 0.15) is 0 Å². The Bertz CT molecular complexity index is 630. The molecule has 0 radical (unpaired) electrons. The minimum Gasteiger partial charge on any atom is -0.338 e. The van der Waals surface area contributed by atoms with Gasteiger partial charge in [-0.25, -0.2) is 4.79 Å². The van der Waals surface area contributed by atoms with E-state index in [9.17, 15) is 9.59 Å². The average Bonchev–Trinajstić information content (AvgIpc) is 2.53. The van der Waals surface area contributed by atoms with Crippen molar-refractivity contribution in [3.63, 3.8) is 0 Å². The number of hydrogen-bond donors (Lipinski definition) is 2. The zero-order chi connectivity index (χ0) is 17.4. The number of amides is 2. The van der Waals surface area contributed by atoms with E-state index in [1.165, 1.54) is 19.3 Å². The van der Waals surface area contributed by atoms with Crippen molar-refractivity contribution in [1.82, 2.24) is 10.6 Å². The van der Waals surface area contributed by atoms with E-state index in [-0.39, 0.29) is 17.4 Å². The van der Waals surface area contributed by atoms with Gasteiger partial charge in [-0.15, -0.1) is 0 Å². The second-order valence-electron chi connectivity index (χ2n) is 8.62. The fraction of sp³-hybridized carbons (Fsp3) is 0.619. The van der Waals surface area contributed by atoms with Gasteiger partial charge >= 0.3 is 6.03 Å². The first kappa shape index (κ1) is 16.6. The Morgan fingerprint density at radius 2 is 1.56 bits per heavy atom. The first-order valence-electron chi connectivity index (χ1n) is 9.67. The topological polar surface area (TPSA) is 58.2 Å². The van der Waals surface area contributed by atoms with Crippen LogP contribution in [-0.4, -0.2) is 23.9 Å². The summed E-state index contributed by atoms with van der Waals surface area (Å²) in [6.45, 7) is 2.40. The molecule has 0 aliphatic heterocycles. The number of Topliss-reactive ketones (excluding diaryl/α,β-unsaturated/α-hetero) is 1. The summed E-state index contributed by atoms with van der Waals surface area (Å²) in [7, 11) is 0. The minimum absolute atomic E-state index is 0.0276. The molecular formula is C21H28N2O2. The second-order valence-corrected chi connectivity index (χ2v) is 8.62. The summed E-state index contributed by atoms with van der Waals surface area (Å²) < 4.78 is 0. The van der Waals surface area contributed by atoms with Gasteiger partial charge in [0.05, 0.1) is 0 Å². The molecule has 0 saturated heterocycles. The van der Waals surface area contributed by atoms with E-state index in [0.717, 1.165) is 42.6 Å². The molecule has 4 aliphatic carbocycles. The number of nitrogens with one attached hydrogen (secondary N) is 2. The first-order valence-corrected chi connectivity index (χ1v) is 9.67. The predicted molar refractivity (Wildman–Crippen MR) is 97.6 cm³/mol. The van der Waals surface area contributed by atoms with Gasteiger partial charge in [0, 0.05) is 24.1 Å². The van der Waals surface area contributed by atoms with E-state index in [4.69, 9.17) is 0 Å². The van der Waals surface area contributed by atoms with Crippen molar-refractivity contribution in [2.24, 2.45) is 17.8 Å². The second kappa shape index (κ2) is 6.47. The average molecular weight is 340 g/mol. The Morgan fingerprint density at radius 1 is 1.00 bits per heavy atom. The lowest BCUT2D eigenvalue weighted by atomic mass is 9.53. The van der Waals surface area contributed by atoms with E-state index in [1.807, 2.05) is 31.2 Å². The standard InChI is InChI=1S/C21H28N2O2/c1-14-2-4-18(5-3-14)19(24)6-7-22-20(25)23-21-11-15-8-16(12-21)10-17(9-15)13-21/h2-5,15-17H,6-13H2,1H3,(H2,22,23,25). The molecule has 0 spiro atoms. The zero-order valence-electron chi connectivity index (χ0n) is 15.0. The number of hydrogen-bond acceptors (Lipinski definition) is 2. The smallest absolute Gasteiger partial charge is 0.315 e. The summed E-state index contributed by atoms with van der Waals surface area (Å²) in [6.07, 6.45) is 7.89. The lowest BCUT2D eigenvalue weighted by Crippen LogP contribution is -2.61. The summed E-state index contributed by atoms with van der Waals surface area (Å²) in [5.74, 6) is 2.52. The zero-order valence-corrected chi connectivity index (χ0v) is 15.0. The van der Waals surface area contributed by atoms with Crippen LogP contribution in [0.3, 0.4) is 0 Å². The molecule has 0 atom stereocenters. The third-order valence-electron chi connectivity index (χ3n) is 6.43. The van der Waals surface area contributed by atoms with Crippen LogP contribution in [0.15, 0.2) is 24.3 Å². The Hall–Kier alpha value is -1.84. The van der Waals surface area contributed by atoms with Crippen LogP contribution in [0.2, 0.25) is 0 Å². The normalized spacial score (nSPS) is 32.4. The molecule has 1 aromatic carbocycles. The maximum atomic E-state index is 12.4. The first-order chi connectivity index (χ1) is 12.0. The van der Waals surface area contributed by atoms with Gasteiger partial charge in [0.25, 0.3) is 0 Å². The third-order valence-corrected chi connectivity index (χ3v) is 6.43. The number of carbonyl (C=O) groups excluding carboxylic acids is 2. The van der Waals surface area contributed by atoms with Gasteiger partial charge in [-0.3, -0.25) is 4.79 Å². The molecule has 4 fully saturated rings. The van der Waals surface area contributed by atoms with Crippen molar-refractivity contribution in [2.75, 3.05) is 6.54 Å². The van der Waals surface area contributed by atoms with E-state index in [2.05, 4.69) is 10.6 Å². The van der Waals surface area contributed by atoms with Crippen molar-refractivity contribution >= 4 is 11.8 Å². The Labute approximate surface area is 149 Å². The number of ketones is 1. The van der Waals surface area contributed by atoms with Crippen molar-refractivity contribution in [1.29, 1.82) is 0 Å². The molecule has 25 heavy (non-hydrogen) atoms. The van der Waals surface area contributed by atoms with Crippen LogP contribution in [0.4, 0.5) is 4.79 Å². The van der Waals surface area contributed by atoms with Gasteiger partial charge in [0.2, 0.25) is 0 Å². The Morgan fingerprint density at radius 3 is 2.12 bits per heavy atom. The van der Waals surface area contributed by atoms with Crippen molar-refractivity contribution < 1.29 is 9.59 Å². The molecule has 4 aliphatic rings. The van der Waals surface area contributed by atoms with Crippen LogP contribution in [0.5, 0.6) is 0 Å². The highest BCUT2D eigenvalue weighted by Crippen LogP contribution is 2.55. The largest absolute Gasteiger partial charge is 0.338 e. The van der Waals surface area contributed by atoms with E-state index < -0.39 is 0 Å². The van der Waals surface area contributed by atoms with Crippen LogP contribution in [0.25, 0.3) is 0 Å².